The zero-order chi connectivity index (χ0) is 17.7. The molecule has 0 aliphatic carbocycles. The van der Waals surface area contributed by atoms with Crippen molar-refractivity contribution in [2.45, 2.75) is 51.7 Å². The number of hydrogen-bond donors (Lipinski definition) is 0. The van der Waals surface area contributed by atoms with Crippen molar-refractivity contribution in [2.24, 2.45) is 5.92 Å². The van der Waals surface area contributed by atoms with Crippen LogP contribution in [0.15, 0.2) is 0 Å². The molecule has 7 heteroatoms. The standard InChI is InChI=1S/C16H26N2O5/c1-6-22-13(19)12(11-17)16(21-5)7-9-18(10-8-16)14(20)23-15(2,3)4/h12H,6-10H2,1-5H3. The summed E-state index contributed by atoms with van der Waals surface area (Å²) in [5.74, 6) is -1.59. The van der Waals surface area contributed by atoms with Gasteiger partial charge in [0.15, 0.2) is 5.92 Å². The Kier molecular flexibility index (Phi) is 6.39. The van der Waals surface area contributed by atoms with Crippen molar-refractivity contribution in [1.82, 2.24) is 4.90 Å². The Balaban J connectivity index is 2.78. The fourth-order valence-corrected chi connectivity index (χ4v) is 2.62. The monoisotopic (exact) mass is 326 g/mol. The summed E-state index contributed by atoms with van der Waals surface area (Å²) < 4.78 is 15.8. The fraction of sp³-hybridized carbons (Fsp3) is 0.812. The van der Waals surface area contributed by atoms with Crippen LogP contribution in [0.25, 0.3) is 0 Å². The molecule has 0 bridgehead atoms. The van der Waals surface area contributed by atoms with Crippen LogP contribution in [-0.4, -0.2) is 55.0 Å². The maximum atomic E-state index is 12.1. The van der Waals surface area contributed by atoms with Gasteiger partial charge in [0.1, 0.15) is 5.60 Å². The minimum atomic E-state index is -1.01. The van der Waals surface area contributed by atoms with Gasteiger partial charge in [0, 0.05) is 20.2 Å². The van der Waals surface area contributed by atoms with E-state index in [-0.39, 0.29) is 6.61 Å². The average Bonchev–Trinajstić information content (AvgIpc) is 2.47. The van der Waals surface area contributed by atoms with Gasteiger partial charge in [-0.05, 0) is 40.5 Å². The maximum Gasteiger partial charge on any atom is 0.410 e. The van der Waals surface area contributed by atoms with Crippen molar-refractivity contribution in [3.8, 4) is 6.07 Å². The highest BCUT2D eigenvalue weighted by Crippen LogP contribution is 2.34. The lowest BCUT2D eigenvalue weighted by molar-refractivity contribution is -0.160. The van der Waals surface area contributed by atoms with Crippen LogP contribution in [0, 0.1) is 17.2 Å². The van der Waals surface area contributed by atoms with Gasteiger partial charge >= 0.3 is 12.1 Å². The highest BCUT2D eigenvalue weighted by molar-refractivity contribution is 5.77. The summed E-state index contributed by atoms with van der Waals surface area (Å²) in [5, 5.41) is 9.36. The van der Waals surface area contributed by atoms with E-state index in [1.165, 1.54) is 7.11 Å². The van der Waals surface area contributed by atoms with Gasteiger partial charge in [-0.3, -0.25) is 4.79 Å². The average molecular weight is 326 g/mol. The summed E-state index contributed by atoms with van der Waals surface area (Å²) in [5.41, 5.74) is -1.49. The highest BCUT2D eigenvalue weighted by atomic mass is 16.6. The number of ether oxygens (including phenoxy) is 3. The summed E-state index contributed by atoms with van der Waals surface area (Å²) >= 11 is 0. The molecule has 1 fully saturated rings. The van der Waals surface area contributed by atoms with E-state index in [0.717, 1.165) is 0 Å². The molecule has 0 saturated carbocycles. The van der Waals surface area contributed by atoms with E-state index in [1.807, 2.05) is 6.07 Å². The van der Waals surface area contributed by atoms with Crippen LogP contribution < -0.4 is 0 Å². The van der Waals surface area contributed by atoms with Crippen LogP contribution in [0.2, 0.25) is 0 Å². The topological polar surface area (TPSA) is 88.9 Å². The van der Waals surface area contributed by atoms with Gasteiger partial charge in [-0.15, -0.1) is 0 Å². The maximum absolute atomic E-state index is 12.1. The Morgan fingerprint density at radius 3 is 2.26 bits per heavy atom. The molecule has 1 unspecified atom stereocenters. The lowest BCUT2D eigenvalue weighted by Gasteiger charge is -2.42. The predicted octanol–water partition coefficient (Wildman–Crippen LogP) is 2.11. The molecule has 0 N–H and O–H groups in total. The number of rotatable bonds is 4. The molecule has 1 heterocycles. The third-order valence-electron chi connectivity index (χ3n) is 3.85. The number of methoxy groups -OCH3 is 1. The third kappa shape index (κ3) is 4.83. The molecule has 1 rings (SSSR count). The number of carbonyl (C=O) groups is 2. The molecule has 7 nitrogen and oxygen atoms in total. The van der Waals surface area contributed by atoms with E-state index in [4.69, 9.17) is 14.2 Å². The first-order valence-electron chi connectivity index (χ1n) is 7.78. The highest BCUT2D eigenvalue weighted by Gasteiger charge is 2.47. The SMILES string of the molecule is CCOC(=O)C(C#N)C1(OC)CCN(C(=O)OC(C)(C)C)CC1. The van der Waals surface area contributed by atoms with Crippen LogP contribution in [-0.2, 0) is 19.0 Å². The molecule has 1 aliphatic heterocycles. The molecule has 1 atom stereocenters. The Morgan fingerprint density at radius 1 is 1.30 bits per heavy atom. The van der Waals surface area contributed by atoms with Gasteiger partial charge in [0.2, 0.25) is 0 Å². The van der Waals surface area contributed by atoms with Crippen molar-refractivity contribution in [2.75, 3.05) is 26.8 Å². The first kappa shape index (κ1) is 19.2. The second-order valence-corrected chi connectivity index (χ2v) is 6.55. The van der Waals surface area contributed by atoms with E-state index in [0.29, 0.717) is 25.9 Å². The van der Waals surface area contributed by atoms with E-state index in [9.17, 15) is 14.9 Å². The molecule has 1 saturated heterocycles. The number of carbonyl (C=O) groups excluding carboxylic acids is 2. The second-order valence-electron chi connectivity index (χ2n) is 6.55. The van der Waals surface area contributed by atoms with Gasteiger partial charge in [-0.1, -0.05) is 0 Å². The zero-order valence-electron chi connectivity index (χ0n) is 14.5. The molecule has 0 aromatic rings. The molecule has 0 spiro atoms. The Hall–Kier alpha value is -1.81. The summed E-state index contributed by atoms with van der Waals surface area (Å²) in [7, 11) is 1.48. The molecule has 1 amide bonds. The Bertz CT molecular complexity index is 470. The molecular weight excluding hydrogens is 300 g/mol. The summed E-state index contributed by atoms with van der Waals surface area (Å²) in [6.07, 6.45) is 0.353. The van der Waals surface area contributed by atoms with Crippen molar-refractivity contribution in [3.63, 3.8) is 0 Å². The molecule has 0 radical (unpaired) electrons. The smallest absolute Gasteiger partial charge is 0.410 e. The first-order valence-corrected chi connectivity index (χ1v) is 7.78. The summed E-state index contributed by atoms with van der Waals surface area (Å²) in [6, 6.07) is 2.00. The van der Waals surface area contributed by atoms with Gasteiger partial charge in [0.05, 0.1) is 18.3 Å². The van der Waals surface area contributed by atoms with Crippen molar-refractivity contribution in [3.05, 3.63) is 0 Å². The van der Waals surface area contributed by atoms with Crippen LogP contribution in [0.3, 0.4) is 0 Å². The van der Waals surface area contributed by atoms with E-state index < -0.39 is 29.2 Å². The van der Waals surface area contributed by atoms with Crippen molar-refractivity contribution >= 4 is 12.1 Å². The normalized spacial score (nSPS) is 18.7. The first-order chi connectivity index (χ1) is 10.7. The fourth-order valence-electron chi connectivity index (χ4n) is 2.62. The summed E-state index contributed by atoms with van der Waals surface area (Å²) in [6.45, 7) is 8.04. The van der Waals surface area contributed by atoms with Crippen LogP contribution >= 0.6 is 0 Å². The largest absolute Gasteiger partial charge is 0.465 e. The minimum absolute atomic E-state index is 0.209. The van der Waals surface area contributed by atoms with Crippen LogP contribution in [0.5, 0.6) is 0 Å². The third-order valence-corrected chi connectivity index (χ3v) is 3.85. The molecule has 23 heavy (non-hydrogen) atoms. The molecule has 0 aromatic carbocycles. The number of hydrogen-bond acceptors (Lipinski definition) is 6. The number of nitrogens with zero attached hydrogens (tertiary/aromatic N) is 2. The van der Waals surface area contributed by atoms with E-state index in [2.05, 4.69) is 0 Å². The van der Waals surface area contributed by atoms with Crippen molar-refractivity contribution in [1.29, 1.82) is 5.26 Å². The van der Waals surface area contributed by atoms with Gasteiger partial charge in [0.25, 0.3) is 0 Å². The number of esters is 1. The van der Waals surface area contributed by atoms with Gasteiger partial charge < -0.3 is 19.1 Å². The van der Waals surface area contributed by atoms with Gasteiger partial charge in [-0.25, -0.2) is 4.79 Å². The Labute approximate surface area is 137 Å². The van der Waals surface area contributed by atoms with E-state index >= 15 is 0 Å². The quantitative estimate of drug-likeness (QED) is 0.735. The van der Waals surface area contributed by atoms with Crippen molar-refractivity contribution < 1.29 is 23.8 Å². The number of amides is 1. The van der Waals surface area contributed by atoms with E-state index in [1.54, 1.807) is 32.6 Å². The predicted molar refractivity (Wildman–Crippen MR) is 82.5 cm³/mol. The molecule has 130 valence electrons. The lowest BCUT2D eigenvalue weighted by Crippen LogP contribution is -2.54. The molecular formula is C16H26N2O5. The Morgan fingerprint density at radius 2 is 1.87 bits per heavy atom. The molecule has 0 aromatic heterocycles. The minimum Gasteiger partial charge on any atom is -0.465 e. The second kappa shape index (κ2) is 7.64. The van der Waals surface area contributed by atoms with Crippen LogP contribution in [0.1, 0.15) is 40.5 Å². The number of likely N-dealkylation sites (tertiary alicyclic amines) is 1. The molecule has 1 aliphatic rings. The zero-order valence-corrected chi connectivity index (χ0v) is 14.5. The van der Waals surface area contributed by atoms with Crippen LogP contribution in [0.4, 0.5) is 4.79 Å². The number of nitriles is 1. The van der Waals surface area contributed by atoms with Gasteiger partial charge in [-0.2, -0.15) is 5.26 Å². The number of piperidine rings is 1. The lowest BCUT2D eigenvalue weighted by atomic mass is 9.80. The summed E-state index contributed by atoms with van der Waals surface area (Å²) in [4.78, 5) is 25.7.